The van der Waals surface area contributed by atoms with Crippen molar-refractivity contribution >= 4 is 61.9 Å². The molecule has 1 unspecified atom stereocenters. The highest BCUT2D eigenvalue weighted by Crippen LogP contribution is 2.49. The SMILES string of the molecule is COc1c2c(c(Br)c3occc13)OC(=O)C(c1c(Cl)cccc1Cl)C2=O. The molecule has 0 bridgehead atoms. The number of carbonyl (C=O) groups is 2. The Morgan fingerprint density at radius 2 is 1.85 bits per heavy atom. The van der Waals surface area contributed by atoms with Crippen molar-refractivity contribution < 1.29 is 23.5 Å². The minimum atomic E-state index is -1.28. The zero-order valence-corrected chi connectivity index (χ0v) is 16.2. The van der Waals surface area contributed by atoms with Crippen LogP contribution in [0.2, 0.25) is 10.0 Å². The first-order chi connectivity index (χ1) is 12.5. The van der Waals surface area contributed by atoms with Crippen molar-refractivity contribution in [2.45, 2.75) is 5.92 Å². The van der Waals surface area contributed by atoms with Crippen LogP contribution in [0.1, 0.15) is 21.8 Å². The number of ether oxygens (including phenoxy) is 2. The normalized spacial score (nSPS) is 16.5. The average Bonchev–Trinajstić information content (AvgIpc) is 3.08. The number of methoxy groups -OCH3 is 1. The van der Waals surface area contributed by atoms with Crippen molar-refractivity contribution in [3.05, 3.63) is 56.2 Å². The number of benzene rings is 2. The molecule has 0 aliphatic carbocycles. The zero-order valence-electron chi connectivity index (χ0n) is 13.1. The highest BCUT2D eigenvalue weighted by molar-refractivity contribution is 9.10. The van der Waals surface area contributed by atoms with Crippen LogP contribution >= 0.6 is 39.1 Å². The summed E-state index contributed by atoms with van der Waals surface area (Å²) < 4.78 is 16.7. The van der Waals surface area contributed by atoms with E-state index >= 15 is 0 Å². The number of furan rings is 1. The van der Waals surface area contributed by atoms with E-state index < -0.39 is 17.7 Å². The molecule has 0 radical (unpaired) electrons. The molecule has 0 saturated heterocycles. The summed E-state index contributed by atoms with van der Waals surface area (Å²) in [5.74, 6) is -2.25. The van der Waals surface area contributed by atoms with Gasteiger partial charge < -0.3 is 13.9 Å². The molecule has 0 saturated carbocycles. The van der Waals surface area contributed by atoms with E-state index in [0.717, 1.165) is 0 Å². The molecule has 2 heterocycles. The smallest absolute Gasteiger partial charge is 0.326 e. The van der Waals surface area contributed by atoms with Crippen molar-refractivity contribution in [1.82, 2.24) is 0 Å². The quantitative estimate of drug-likeness (QED) is 0.294. The van der Waals surface area contributed by atoms with E-state index in [4.69, 9.17) is 37.1 Å². The molecule has 1 atom stereocenters. The number of carbonyl (C=O) groups excluding carboxylic acids is 2. The first-order valence-corrected chi connectivity index (χ1v) is 8.97. The molecule has 4 rings (SSSR count). The van der Waals surface area contributed by atoms with Gasteiger partial charge in [0.05, 0.1) is 18.8 Å². The molecule has 1 aliphatic rings. The fourth-order valence-corrected chi connectivity index (χ4v) is 4.29. The molecule has 8 heteroatoms. The first-order valence-electron chi connectivity index (χ1n) is 7.42. The van der Waals surface area contributed by atoms with Gasteiger partial charge in [-0.3, -0.25) is 9.59 Å². The monoisotopic (exact) mass is 454 g/mol. The average molecular weight is 456 g/mol. The molecule has 1 aromatic heterocycles. The molecule has 132 valence electrons. The van der Waals surface area contributed by atoms with E-state index in [2.05, 4.69) is 15.9 Å². The number of ketones is 1. The van der Waals surface area contributed by atoms with Gasteiger partial charge in [0.1, 0.15) is 21.7 Å². The lowest BCUT2D eigenvalue weighted by atomic mass is 9.87. The maximum absolute atomic E-state index is 13.3. The van der Waals surface area contributed by atoms with Crippen molar-refractivity contribution in [2.75, 3.05) is 7.11 Å². The molecule has 1 aliphatic heterocycles. The Balaban J connectivity index is 2.01. The molecule has 5 nitrogen and oxygen atoms in total. The maximum atomic E-state index is 13.3. The summed E-state index contributed by atoms with van der Waals surface area (Å²) in [6.45, 7) is 0. The Labute approximate surface area is 165 Å². The fraction of sp³-hybridized carbons (Fsp3) is 0.111. The van der Waals surface area contributed by atoms with E-state index in [-0.39, 0.29) is 32.7 Å². The Hall–Kier alpha value is -2.02. The van der Waals surface area contributed by atoms with Gasteiger partial charge in [-0.2, -0.15) is 0 Å². The lowest BCUT2D eigenvalue weighted by Gasteiger charge is -2.26. The fourth-order valence-electron chi connectivity index (χ4n) is 3.09. The van der Waals surface area contributed by atoms with Gasteiger partial charge in [-0.15, -0.1) is 0 Å². The van der Waals surface area contributed by atoms with Crippen LogP contribution < -0.4 is 9.47 Å². The van der Waals surface area contributed by atoms with Crippen LogP contribution in [-0.2, 0) is 4.79 Å². The standard InChI is InChI=1S/C18H9BrCl2O5/c1-24-15-7-5-6-25-16(7)13(19)17-12(15)14(22)11(18(23)26-17)10-8(20)3-2-4-9(10)21/h2-6,11H,1H3. The Kier molecular flexibility index (Phi) is 4.22. The molecular formula is C18H9BrCl2O5. The van der Waals surface area contributed by atoms with E-state index in [1.54, 1.807) is 24.3 Å². The topological polar surface area (TPSA) is 65.7 Å². The third-order valence-electron chi connectivity index (χ3n) is 4.20. The number of hydrogen-bond acceptors (Lipinski definition) is 5. The molecule has 2 aromatic carbocycles. The molecule has 0 amide bonds. The molecular weight excluding hydrogens is 447 g/mol. The zero-order chi connectivity index (χ0) is 18.6. The van der Waals surface area contributed by atoms with Crippen LogP contribution in [0.5, 0.6) is 11.5 Å². The minimum Gasteiger partial charge on any atom is -0.495 e. The second-order valence-electron chi connectivity index (χ2n) is 5.57. The summed E-state index contributed by atoms with van der Waals surface area (Å²) in [6, 6.07) is 6.42. The van der Waals surface area contributed by atoms with Crippen molar-refractivity contribution in [2.24, 2.45) is 0 Å². The highest BCUT2D eigenvalue weighted by atomic mass is 79.9. The lowest BCUT2D eigenvalue weighted by Crippen LogP contribution is -2.32. The summed E-state index contributed by atoms with van der Waals surface area (Å²) in [5, 5.41) is 0.991. The van der Waals surface area contributed by atoms with Gasteiger partial charge in [0.15, 0.2) is 17.1 Å². The van der Waals surface area contributed by atoms with Crippen molar-refractivity contribution in [1.29, 1.82) is 0 Å². The second-order valence-corrected chi connectivity index (χ2v) is 7.18. The van der Waals surface area contributed by atoms with Crippen LogP contribution in [0.15, 0.2) is 39.4 Å². The number of halogens is 3. The predicted octanol–water partition coefficient (Wildman–Crippen LogP) is 5.40. The third kappa shape index (κ3) is 2.36. The molecule has 26 heavy (non-hydrogen) atoms. The van der Waals surface area contributed by atoms with Crippen LogP contribution in [0.3, 0.4) is 0 Å². The van der Waals surface area contributed by atoms with Crippen LogP contribution in [0, 0.1) is 0 Å². The Morgan fingerprint density at radius 3 is 2.50 bits per heavy atom. The van der Waals surface area contributed by atoms with Crippen LogP contribution in [0.4, 0.5) is 0 Å². The van der Waals surface area contributed by atoms with Crippen LogP contribution in [0.25, 0.3) is 11.0 Å². The number of hydrogen-bond donors (Lipinski definition) is 0. The van der Waals surface area contributed by atoms with E-state index in [9.17, 15) is 9.59 Å². The number of Topliss-reactive ketones (excluding diaryl/α,β-unsaturated/α-hetero) is 1. The minimum absolute atomic E-state index is 0.0544. The van der Waals surface area contributed by atoms with Crippen LogP contribution in [-0.4, -0.2) is 18.9 Å². The number of esters is 1. The third-order valence-corrected chi connectivity index (χ3v) is 5.58. The second kappa shape index (κ2) is 6.30. The number of rotatable bonds is 2. The van der Waals surface area contributed by atoms with E-state index in [0.29, 0.717) is 15.4 Å². The van der Waals surface area contributed by atoms with Crippen molar-refractivity contribution in [3.63, 3.8) is 0 Å². The van der Waals surface area contributed by atoms with Crippen molar-refractivity contribution in [3.8, 4) is 11.5 Å². The highest BCUT2D eigenvalue weighted by Gasteiger charge is 2.44. The maximum Gasteiger partial charge on any atom is 0.326 e. The van der Waals surface area contributed by atoms with Gasteiger partial charge in [-0.05, 0) is 34.1 Å². The Bertz CT molecular complexity index is 1070. The Morgan fingerprint density at radius 1 is 1.15 bits per heavy atom. The van der Waals surface area contributed by atoms with Gasteiger partial charge in [0, 0.05) is 15.6 Å². The van der Waals surface area contributed by atoms with Gasteiger partial charge in [0.2, 0.25) is 0 Å². The summed E-state index contributed by atoms with van der Waals surface area (Å²) >= 11 is 15.7. The molecule has 0 spiro atoms. The summed E-state index contributed by atoms with van der Waals surface area (Å²) in [6.07, 6.45) is 1.46. The largest absolute Gasteiger partial charge is 0.495 e. The molecule has 3 aromatic rings. The molecule has 0 fully saturated rings. The predicted molar refractivity (Wildman–Crippen MR) is 99.6 cm³/mol. The summed E-state index contributed by atoms with van der Waals surface area (Å²) in [7, 11) is 1.43. The van der Waals surface area contributed by atoms with Gasteiger partial charge in [-0.25, -0.2) is 0 Å². The van der Waals surface area contributed by atoms with E-state index in [1.807, 2.05) is 0 Å². The summed E-state index contributed by atoms with van der Waals surface area (Å²) in [5.41, 5.74) is 0.756. The number of fused-ring (bicyclic) bond motifs is 2. The first kappa shape index (κ1) is 17.4. The van der Waals surface area contributed by atoms with Gasteiger partial charge in [0.25, 0.3) is 0 Å². The summed E-state index contributed by atoms with van der Waals surface area (Å²) in [4.78, 5) is 25.9. The molecule has 0 N–H and O–H groups in total. The van der Waals surface area contributed by atoms with E-state index in [1.165, 1.54) is 13.4 Å². The van der Waals surface area contributed by atoms with Gasteiger partial charge >= 0.3 is 5.97 Å². The van der Waals surface area contributed by atoms with Gasteiger partial charge in [-0.1, -0.05) is 29.3 Å². The lowest BCUT2D eigenvalue weighted by molar-refractivity contribution is -0.135.